The Morgan fingerprint density at radius 1 is 1.06 bits per heavy atom. The summed E-state index contributed by atoms with van der Waals surface area (Å²) in [6, 6.07) is 11.0. The third-order valence-electron chi connectivity index (χ3n) is 6.00. The van der Waals surface area contributed by atoms with Gasteiger partial charge in [-0.1, -0.05) is 12.1 Å². The number of piperazine rings is 1. The first-order valence-electron chi connectivity index (χ1n) is 11.7. The number of rotatable bonds is 7. The minimum atomic E-state index is -0.167. The lowest BCUT2D eigenvalue weighted by molar-refractivity contribution is -0.115. The van der Waals surface area contributed by atoms with Gasteiger partial charge < -0.3 is 25.0 Å². The topological polar surface area (TPSA) is 114 Å². The molecule has 4 aromatic rings. The van der Waals surface area contributed by atoms with E-state index in [4.69, 9.17) is 19.4 Å². The van der Waals surface area contributed by atoms with E-state index < -0.39 is 0 Å². The van der Waals surface area contributed by atoms with Gasteiger partial charge >= 0.3 is 0 Å². The van der Waals surface area contributed by atoms with Crippen LogP contribution in [0.15, 0.2) is 55.0 Å². The monoisotopic (exact) mass is 485 g/mol. The van der Waals surface area contributed by atoms with Crippen molar-refractivity contribution in [3.8, 4) is 22.9 Å². The molecule has 1 aliphatic heterocycles. The number of pyridine rings is 2. The van der Waals surface area contributed by atoms with Gasteiger partial charge in [-0.05, 0) is 29.8 Å². The molecule has 0 aliphatic carbocycles. The molecule has 1 aromatic carbocycles. The highest BCUT2D eigenvalue weighted by Gasteiger charge is 2.21. The molecule has 184 valence electrons. The van der Waals surface area contributed by atoms with Crippen LogP contribution in [0.1, 0.15) is 5.56 Å². The highest BCUT2D eigenvalue weighted by molar-refractivity contribution is 5.96. The molecule has 0 bridgehead atoms. The predicted molar refractivity (Wildman–Crippen MR) is 138 cm³/mol. The van der Waals surface area contributed by atoms with Crippen molar-refractivity contribution in [2.45, 2.75) is 6.42 Å². The fourth-order valence-corrected chi connectivity index (χ4v) is 4.18. The fraction of sp³-hybridized carbons (Fsp3) is 0.269. The smallest absolute Gasteiger partial charge is 0.229 e. The van der Waals surface area contributed by atoms with Crippen LogP contribution >= 0.6 is 0 Å². The number of benzene rings is 1. The summed E-state index contributed by atoms with van der Waals surface area (Å²) in [6.07, 6.45) is 5.26. The Labute approximate surface area is 208 Å². The molecule has 5 rings (SSSR count). The molecule has 10 nitrogen and oxygen atoms in total. The lowest BCUT2D eigenvalue weighted by atomic mass is 10.1. The first-order chi connectivity index (χ1) is 17.6. The molecule has 4 heterocycles. The van der Waals surface area contributed by atoms with Crippen LogP contribution < -0.4 is 25.0 Å². The minimum Gasteiger partial charge on any atom is -0.497 e. The van der Waals surface area contributed by atoms with E-state index in [1.165, 1.54) is 0 Å². The largest absolute Gasteiger partial charge is 0.497 e. The maximum Gasteiger partial charge on any atom is 0.229 e. The number of methoxy groups -OCH3 is 2. The quantitative estimate of drug-likeness (QED) is 0.408. The Kier molecular flexibility index (Phi) is 6.85. The van der Waals surface area contributed by atoms with Crippen molar-refractivity contribution in [2.24, 2.45) is 0 Å². The van der Waals surface area contributed by atoms with Gasteiger partial charge in [-0.15, -0.1) is 0 Å². The molecule has 10 heteroatoms. The lowest BCUT2D eigenvalue weighted by Crippen LogP contribution is -2.44. The SMILES string of the molecule is COc1ccc(CC(=O)Nc2cc(-c3nc(N4CCNCC4)c4c(OC)cncc4n3)ccn2)cc1. The molecular weight excluding hydrogens is 458 g/mol. The van der Waals surface area contributed by atoms with E-state index in [1.807, 2.05) is 30.3 Å². The number of aromatic nitrogens is 4. The van der Waals surface area contributed by atoms with Crippen molar-refractivity contribution in [3.05, 3.63) is 60.6 Å². The normalized spacial score (nSPS) is 13.4. The number of nitrogens with zero attached hydrogens (tertiary/aromatic N) is 5. The maximum absolute atomic E-state index is 12.6. The molecule has 0 unspecified atom stereocenters. The zero-order chi connectivity index (χ0) is 24.9. The Hall–Kier alpha value is -4.31. The number of amides is 1. The highest BCUT2D eigenvalue weighted by atomic mass is 16.5. The first-order valence-corrected chi connectivity index (χ1v) is 11.7. The van der Waals surface area contributed by atoms with Gasteiger partial charge in [0.05, 0.1) is 43.9 Å². The van der Waals surface area contributed by atoms with Crippen LogP contribution in [0.5, 0.6) is 11.5 Å². The van der Waals surface area contributed by atoms with Crippen LogP contribution in [0.2, 0.25) is 0 Å². The van der Waals surface area contributed by atoms with E-state index in [9.17, 15) is 4.79 Å². The summed E-state index contributed by atoms with van der Waals surface area (Å²) in [5, 5.41) is 7.08. The van der Waals surface area contributed by atoms with E-state index in [2.05, 4.69) is 25.5 Å². The molecule has 1 fully saturated rings. The van der Waals surface area contributed by atoms with Gasteiger partial charge in [-0.2, -0.15) is 0 Å². The summed E-state index contributed by atoms with van der Waals surface area (Å²) in [5.41, 5.74) is 2.31. The summed E-state index contributed by atoms with van der Waals surface area (Å²) in [5.74, 6) is 2.98. The van der Waals surface area contributed by atoms with Gasteiger partial charge in [-0.25, -0.2) is 15.0 Å². The van der Waals surface area contributed by atoms with Gasteiger partial charge in [0, 0.05) is 37.9 Å². The standard InChI is InChI=1S/C26H27N7O3/c1-35-19-5-3-17(4-6-19)13-23(34)31-22-14-18(7-8-29-22)25-30-20-15-28-16-21(36-2)24(20)26(32-25)33-11-9-27-10-12-33/h3-8,14-16,27H,9-13H2,1-2H3,(H,29,31,34). The number of fused-ring (bicyclic) bond motifs is 1. The van der Waals surface area contributed by atoms with Crippen molar-refractivity contribution in [2.75, 3.05) is 50.6 Å². The van der Waals surface area contributed by atoms with Crippen LogP contribution in [0.3, 0.4) is 0 Å². The molecule has 1 amide bonds. The van der Waals surface area contributed by atoms with Gasteiger partial charge in [0.25, 0.3) is 0 Å². The van der Waals surface area contributed by atoms with Crippen molar-refractivity contribution in [1.82, 2.24) is 25.3 Å². The minimum absolute atomic E-state index is 0.167. The van der Waals surface area contributed by atoms with E-state index in [0.29, 0.717) is 22.9 Å². The molecule has 0 atom stereocenters. The van der Waals surface area contributed by atoms with E-state index in [-0.39, 0.29) is 12.3 Å². The summed E-state index contributed by atoms with van der Waals surface area (Å²) in [6.45, 7) is 3.38. The molecule has 0 spiro atoms. The van der Waals surface area contributed by atoms with Crippen LogP contribution in [0.4, 0.5) is 11.6 Å². The summed E-state index contributed by atoms with van der Waals surface area (Å²) < 4.78 is 10.8. The van der Waals surface area contributed by atoms with Crippen molar-refractivity contribution in [3.63, 3.8) is 0 Å². The van der Waals surface area contributed by atoms with E-state index in [1.54, 1.807) is 38.9 Å². The number of anilines is 2. The maximum atomic E-state index is 12.6. The number of nitrogens with one attached hydrogen (secondary N) is 2. The van der Waals surface area contributed by atoms with E-state index >= 15 is 0 Å². The zero-order valence-corrected chi connectivity index (χ0v) is 20.2. The Morgan fingerprint density at radius 2 is 1.86 bits per heavy atom. The van der Waals surface area contributed by atoms with Gasteiger partial charge in [-0.3, -0.25) is 9.78 Å². The van der Waals surface area contributed by atoms with Gasteiger partial charge in [0.1, 0.15) is 23.1 Å². The van der Waals surface area contributed by atoms with Crippen molar-refractivity contribution >= 4 is 28.4 Å². The molecule has 2 N–H and O–H groups in total. The molecule has 1 aliphatic rings. The predicted octanol–water partition coefficient (Wildman–Crippen LogP) is 2.69. The number of carbonyl (C=O) groups excluding carboxylic acids is 1. The van der Waals surface area contributed by atoms with Crippen molar-refractivity contribution < 1.29 is 14.3 Å². The molecular formula is C26H27N7O3. The summed E-state index contributed by atoms with van der Waals surface area (Å²) in [4.78, 5) is 33.2. The van der Waals surface area contributed by atoms with Crippen LogP contribution in [-0.2, 0) is 11.2 Å². The number of hydrogen-bond acceptors (Lipinski definition) is 9. The third kappa shape index (κ3) is 5.03. The number of ether oxygens (including phenoxy) is 2. The first kappa shape index (κ1) is 23.4. The molecule has 36 heavy (non-hydrogen) atoms. The summed E-state index contributed by atoms with van der Waals surface area (Å²) in [7, 11) is 3.23. The molecule has 0 saturated carbocycles. The number of carbonyl (C=O) groups is 1. The lowest BCUT2D eigenvalue weighted by Gasteiger charge is -2.29. The second-order valence-corrected chi connectivity index (χ2v) is 8.35. The average Bonchev–Trinajstić information content (AvgIpc) is 2.93. The van der Waals surface area contributed by atoms with Crippen LogP contribution in [0.25, 0.3) is 22.3 Å². The second-order valence-electron chi connectivity index (χ2n) is 8.35. The Balaban J connectivity index is 1.44. The van der Waals surface area contributed by atoms with Crippen LogP contribution in [-0.4, -0.2) is 66.2 Å². The number of hydrogen-bond donors (Lipinski definition) is 2. The van der Waals surface area contributed by atoms with Crippen LogP contribution in [0, 0.1) is 0 Å². The Morgan fingerprint density at radius 3 is 2.61 bits per heavy atom. The molecule has 0 radical (unpaired) electrons. The van der Waals surface area contributed by atoms with Gasteiger partial charge in [0.2, 0.25) is 5.91 Å². The summed E-state index contributed by atoms with van der Waals surface area (Å²) >= 11 is 0. The zero-order valence-electron chi connectivity index (χ0n) is 20.2. The average molecular weight is 486 g/mol. The highest BCUT2D eigenvalue weighted by Crippen LogP contribution is 2.34. The van der Waals surface area contributed by atoms with Crippen molar-refractivity contribution in [1.29, 1.82) is 0 Å². The van der Waals surface area contributed by atoms with E-state index in [0.717, 1.165) is 54.3 Å². The third-order valence-corrected chi connectivity index (χ3v) is 6.00. The molecule has 3 aromatic heterocycles. The van der Waals surface area contributed by atoms with Gasteiger partial charge in [0.15, 0.2) is 5.82 Å². The fourth-order valence-electron chi connectivity index (χ4n) is 4.18. The molecule has 1 saturated heterocycles. The Bertz CT molecular complexity index is 1370. The second kappa shape index (κ2) is 10.5.